The van der Waals surface area contributed by atoms with Crippen molar-refractivity contribution in [3.8, 4) is 11.5 Å². The average Bonchev–Trinajstić information content (AvgIpc) is 2.09. The highest BCUT2D eigenvalue weighted by atomic mass is 16.5. The molecule has 0 saturated carbocycles. The fraction of sp³-hybridized carbons (Fsp3) is 0.300. The maximum atomic E-state index is 11.0. The van der Waals surface area contributed by atoms with Crippen molar-refractivity contribution in [2.75, 3.05) is 0 Å². The molecule has 0 aliphatic carbocycles. The number of esters is 1. The van der Waals surface area contributed by atoms with E-state index in [9.17, 15) is 9.90 Å². The molecule has 0 aromatic heterocycles. The van der Waals surface area contributed by atoms with E-state index >= 15 is 0 Å². The normalized spacial score (nSPS) is 9.62. The van der Waals surface area contributed by atoms with E-state index in [0.29, 0.717) is 12.2 Å². The Bertz CT molecular complexity index is 277. The van der Waals surface area contributed by atoms with E-state index in [1.807, 2.05) is 6.92 Å². The SMILES string of the molecule is CCCC(=O)Oc1ccc([O])cc1. The molecule has 0 aliphatic rings. The van der Waals surface area contributed by atoms with Crippen LogP contribution in [0.15, 0.2) is 24.3 Å². The Balaban J connectivity index is 2.54. The Morgan fingerprint density at radius 1 is 1.31 bits per heavy atom. The zero-order chi connectivity index (χ0) is 9.68. The number of carbonyl (C=O) groups is 1. The number of benzene rings is 1. The van der Waals surface area contributed by atoms with Crippen LogP contribution in [-0.4, -0.2) is 5.97 Å². The highest BCUT2D eigenvalue weighted by molar-refractivity contribution is 5.72. The molecule has 1 aromatic rings. The maximum absolute atomic E-state index is 11.0. The van der Waals surface area contributed by atoms with Crippen molar-refractivity contribution in [3.05, 3.63) is 24.3 Å². The van der Waals surface area contributed by atoms with Gasteiger partial charge >= 0.3 is 5.97 Å². The van der Waals surface area contributed by atoms with E-state index in [-0.39, 0.29) is 11.7 Å². The van der Waals surface area contributed by atoms with Crippen LogP contribution in [0.2, 0.25) is 0 Å². The van der Waals surface area contributed by atoms with Gasteiger partial charge in [-0.2, -0.15) is 0 Å². The molecule has 0 amide bonds. The number of ether oxygens (including phenoxy) is 1. The highest BCUT2D eigenvalue weighted by Crippen LogP contribution is 2.16. The van der Waals surface area contributed by atoms with Gasteiger partial charge in [-0.3, -0.25) is 9.90 Å². The standard InChI is InChI=1S/C10H11O3/c1-2-3-10(12)13-9-6-4-8(11)5-7-9/h4-7H,2-3H2,1H3. The zero-order valence-electron chi connectivity index (χ0n) is 7.45. The van der Waals surface area contributed by atoms with Crippen molar-refractivity contribution in [1.29, 1.82) is 0 Å². The highest BCUT2D eigenvalue weighted by Gasteiger charge is 2.02. The quantitative estimate of drug-likeness (QED) is 0.528. The van der Waals surface area contributed by atoms with E-state index in [4.69, 9.17) is 4.74 Å². The minimum Gasteiger partial charge on any atom is -0.427 e. The molecule has 69 valence electrons. The van der Waals surface area contributed by atoms with Gasteiger partial charge in [0.15, 0.2) is 5.75 Å². The predicted octanol–water partition coefficient (Wildman–Crippen LogP) is 2.54. The summed E-state index contributed by atoms with van der Waals surface area (Å²) in [6.07, 6.45) is 1.16. The third kappa shape index (κ3) is 3.15. The number of hydrogen-bond acceptors (Lipinski definition) is 2. The van der Waals surface area contributed by atoms with Crippen LogP contribution in [0.5, 0.6) is 11.5 Å². The van der Waals surface area contributed by atoms with Crippen LogP contribution < -0.4 is 4.74 Å². The molecular formula is C10H11O3. The van der Waals surface area contributed by atoms with Crippen LogP contribution in [-0.2, 0) is 9.90 Å². The number of rotatable bonds is 3. The summed E-state index contributed by atoms with van der Waals surface area (Å²) in [7, 11) is 0. The van der Waals surface area contributed by atoms with Crippen LogP contribution in [0.4, 0.5) is 0 Å². The van der Waals surface area contributed by atoms with Crippen LogP contribution >= 0.6 is 0 Å². The summed E-state index contributed by atoms with van der Waals surface area (Å²) in [5, 5.41) is 10.7. The number of hydrogen-bond donors (Lipinski definition) is 0. The van der Waals surface area contributed by atoms with Crippen molar-refractivity contribution in [1.82, 2.24) is 0 Å². The van der Waals surface area contributed by atoms with Crippen LogP contribution in [0.1, 0.15) is 19.8 Å². The first-order chi connectivity index (χ1) is 6.22. The van der Waals surface area contributed by atoms with E-state index in [1.54, 1.807) is 0 Å². The summed E-state index contributed by atoms with van der Waals surface area (Å²) in [6, 6.07) is 5.73. The van der Waals surface area contributed by atoms with Crippen molar-refractivity contribution in [2.24, 2.45) is 0 Å². The third-order valence-electron chi connectivity index (χ3n) is 1.51. The van der Waals surface area contributed by atoms with Crippen molar-refractivity contribution < 1.29 is 14.6 Å². The Morgan fingerprint density at radius 2 is 1.92 bits per heavy atom. The molecule has 0 saturated heterocycles. The summed E-state index contributed by atoms with van der Waals surface area (Å²) in [4.78, 5) is 11.0. The topological polar surface area (TPSA) is 46.2 Å². The minimum atomic E-state index is -0.263. The van der Waals surface area contributed by atoms with Crippen LogP contribution in [0.3, 0.4) is 0 Å². The van der Waals surface area contributed by atoms with Crippen molar-refractivity contribution in [3.63, 3.8) is 0 Å². The molecule has 0 N–H and O–H groups in total. The molecule has 0 aliphatic heterocycles. The van der Waals surface area contributed by atoms with Crippen LogP contribution in [0.25, 0.3) is 0 Å². The molecule has 0 unspecified atom stereocenters. The lowest BCUT2D eigenvalue weighted by molar-refractivity contribution is -0.134. The smallest absolute Gasteiger partial charge is 0.311 e. The lowest BCUT2D eigenvalue weighted by Gasteiger charge is -2.01. The van der Waals surface area contributed by atoms with Gasteiger partial charge in [-0.25, -0.2) is 0 Å². The van der Waals surface area contributed by atoms with Gasteiger partial charge in [0, 0.05) is 6.42 Å². The summed E-state index contributed by atoms with van der Waals surface area (Å²) < 4.78 is 4.93. The van der Waals surface area contributed by atoms with Gasteiger partial charge < -0.3 is 4.74 Å². The summed E-state index contributed by atoms with van der Waals surface area (Å²) in [5.74, 6) is 0.0782. The Labute approximate surface area is 77.0 Å². The largest absolute Gasteiger partial charge is 0.427 e. The van der Waals surface area contributed by atoms with Gasteiger partial charge in [-0.1, -0.05) is 6.92 Å². The van der Waals surface area contributed by atoms with Crippen molar-refractivity contribution >= 4 is 5.97 Å². The summed E-state index contributed by atoms with van der Waals surface area (Å²) in [5.41, 5.74) is 0. The van der Waals surface area contributed by atoms with Gasteiger partial charge in [0.05, 0.1) is 0 Å². The monoisotopic (exact) mass is 179 g/mol. The van der Waals surface area contributed by atoms with Gasteiger partial charge in [0.1, 0.15) is 5.75 Å². The van der Waals surface area contributed by atoms with E-state index in [1.165, 1.54) is 24.3 Å². The molecule has 3 nitrogen and oxygen atoms in total. The second-order valence-corrected chi connectivity index (χ2v) is 2.70. The zero-order valence-corrected chi connectivity index (χ0v) is 7.45. The molecule has 0 fully saturated rings. The van der Waals surface area contributed by atoms with Crippen molar-refractivity contribution in [2.45, 2.75) is 19.8 Å². The average molecular weight is 179 g/mol. The molecule has 1 rings (SSSR count). The fourth-order valence-corrected chi connectivity index (χ4v) is 0.894. The fourth-order valence-electron chi connectivity index (χ4n) is 0.894. The molecule has 0 heterocycles. The molecule has 1 radical (unpaired) electrons. The van der Waals surface area contributed by atoms with Gasteiger partial charge in [-0.05, 0) is 30.7 Å². The first kappa shape index (κ1) is 9.58. The Hall–Kier alpha value is -1.51. The third-order valence-corrected chi connectivity index (χ3v) is 1.51. The minimum absolute atomic E-state index is 0.0877. The predicted molar refractivity (Wildman–Crippen MR) is 47.1 cm³/mol. The van der Waals surface area contributed by atoms with Gasteiger partial charge in [0.25, 0.3) is 0 Å². The molecule has 3 heteroatoms. The van der Waals surface area contributed by atoms with E-state index in [2.05, 4.69) is 0 Å². The van der Waals surface area contributed by atoms with Crippen LogP contribution in [0, 0.1) is 0 Å². The molecule has 0 atom stereocenters. The maximum Gasteiger partial charge on any atom is 0.311 e. The lowest BCUT2D eigenvalue weighted by atomic mass is 10.3. The lowest BCUT2D eigenvalue weighted by Crippen LogP contribution is -2.06. The summed E-state index contributed by atoms with van der Waals surface area (Å²) in [6.45, 7) is 1.90. The molecule has 0 bridgehead atoms. The molecule has 1 aromatic carbocycles. The Kier molecular flexibility index (Phi) is 3.31. The first-order valence-electron chi connectivity index (χ1n) is 4.20. The number of carbonyl (C=O) groups excluding carboxylic acids is 1. The first-order valence-corrected chi connectivity index (χ1v) is 4.20. The molecule has 13 heavy (non-hydrogen) atoms. The summed E-state index contributed by atoms with van der Waals surface area (Å²) >= 11 is 0. The van der Waals surface area contributed by atoms with Gasteiger partial charge in [-0.15, -0.1) is 0 Å². The van der Waals surface area contributed by atoms with E-state index < -0.39 is 0 Å². The second-order valence-electron chi connectivity index (χ2n) is 2.70. The molecular weight excluding hydrogens is 168 g/mol. The Morgan fingerprint density at radius 3 is 2.46 bits per heavy atom. The van der Waals surface area contributed by atoms with Gasteiger partial charge in [0.2, 0.25) is 0 Å². The second kappa shape index (κ2) is 4.50. The van der Waals surface area contributed by atoms with E-state index in [0.717, 1.165) is 6.42 Å². The molecule has 0 spiro atoms.